The molecule has 0 spiro atoms. The molecular formula is C20H21N3O3S. The number of hydrogen-bond donors (Lipinski definition) is 2. The number of nitrogens with zero attached hydrogens (tertiary/aromatic N) is 1. The van der Waals surface area contributed by atoms with Gasteiger partial charge in [0.15, 0.2) is 0 Å². The third-order valence-corrected chi connectivity index (χ3v) is 5.08. The first-order valence-electron chi connectivity index (χ1n) is 8.40. The summed E-state index contributed by atoms with van der Waals surface area (Å²) in [6.45, 7) is 0.854. The Balaban J connectivity index is 1.58. The summed E-state index contributed by atoms with van der Waals surface area (Å²) in [5, 5.41) is 10.2. The molecule has 0 fully saturated rings. The van der Waals surface area contributed by atoms with Gasteiger partial charge in [-0.25, -0.2) is 13.6 Å². The Morgan fingerprint density at radius 3 is 2.33 bits per heavy atom. The van der Waals surface area contributed by atoms with Gasteiger partial charge in [-0.2, -0.15) is 0 Å². The molecule has 3 aromatic rings. The van der Waals surface area contributed by atoms with E-state index in [1.165, 1.54) is 35.0 Å². The Morgan fingerprint density at radius 2 is 1.67 bits per heavy atom. The minimum absolute atomic E-state index is 0.00826. The standard InChI is InChI=1S/C20H21N3O3S/c1-23(13-15-6-7-16-4-2-3-5-17(16)12-15)14-20(24)22-18-8-10-19(11-9-18)27(21,25)26/h2-12H,13-14H2,1H3,(H,22,24)(H2,21,25,26). The van der Waals surface area contributed by atoms with Crippen LogP contribution < -0.4 is 10.5 Å². The zero-order chi connectivity index (χ0) is 19.4. The number of benzene rings is 3. The molecule has 3 N–H and O–H groups in total. The van der Waals surface area contributed by atoms with E-state index in [0.29, 0.717) is 12.2 Å². The third kappa shape index (κ3) is 5.13. The maximum atomic E-state index is 12.2. The van der Waals surface area contributed by atoms with E-state index in [1.807, 2.05) is 24.1 Å². The van der Waals surface area contributed by atoms with Crippen molar-refractivity contribution >= 4 is 32.4 Å². The summed E-state index contributed by atoms with van der Waals surface area (Å²) in [6.07, 6.45) is 0. The Labute approximate surface area is 158 Å². The summed E-state index contributed by atoms with van der Waals surface area (Å²) in [4.78, 5) is 14.1. The zero-order valence-electron chi connectivity index (χ0n) is 14.9. The predicted molar refractivity (Wildman–Crippen MR) is 107 cm³/mol. The number of rotatable bonds is 6. The maximum Gasteiger partial charge on any atom is 0.238 e. The highest BCUT2D eigenvalue weighted by Crippen LogP contribution is 2.17. The molecule has 0 saturated heterocycles. The van der Waals surface area contributed by atoms with Gasteiger partial charge in [0.05, 0.1) is 11.4 Å². The van der Waals surface area contributed by atoms with Crippen molar-refractivity contribution in [2.45, 2.75) is 11.4 Å². The molecule has 0 heterocycles. The highest BCUT2D eigenvalue weighted by atomic mass is 32.2. The van der Waals surface area contributed by atoms with Crippen molar-refractivity contribution in [2.24, 2.45) is 5.14 Å². The molecule has 0 radical (unpaired) electrons. The van der Waals surface area contributed by atoms with Crippen molar-refractivity contribution in [2.75, 3.05) is 18.9 Å². The number of anilines is 1. The summed E-state index contributed by atoms with van der Waals surface area (Å²) in [6, 6.07) is 20.2. The van der Waals surface area contributed by atoms with E-state index < -0.39 is 10.0 Å². The van der Waals surface area contributed by atoms with E-state index in [2.05, 4.69) is 35.6 Å². The summed E-state index contributed by atoms with van der Waals surface area (Å²) >= 11 is 0. The topological polar surface area (TPSA) is 92.5 Å². The molecule has 140 valence electrons. The van der Waals surface area contributed by atoms with Crippen LogP contribution in [0.25, 0.3) is 10.8 Å². The third-order valence-electron chi connectivity index (χ3n) is 4.15. The summed E-state index contributed by atoms with van der Waals surface area (Å²) in [7, 11) is -1.86. The average molecular weight is 383 g/mol. The van der Waals surface area contributed by atoms with Crippen molar-refractivity contribution < 1.29 is 13.2 Å². The molecule has 27 heavy (non-hydrogen) atoms. The van der Waals surface area contributed by atoms with Gasteiger partial charge >= 0.3 is 0 Å². The number of sulfonamides is 1. The first-order valence-corrected chi connectivity index (χ1v) is 9.95. The SMILES string of the molecule is CN(CC(=O)Nc1ccc(S(N)(=O)=O)cc1)Cc1ccc2ccccc2c1. The molecule has 6 nitrogen and oxygen atoms in total. The van der Waals surface area contributed by atoms with Gasteiger partial charge in [-0.3, -0.25) is 9.69 Å². The van der Waals surface area contributed by atoms with E-state index in [-0.39, 0.29) is 17.3 Å². The van der Waals surface area contributed by atoms with E-state index >= 15 is 0 Å². The number of likely N-dealkylation sites (N-methyl/N-ethyl adjacent to an activating group) is 1. The quantitative estimate of drug-likeness (QED) is 0.684. The van der Waals surface area contributed by atoms with Crippen molar-refractivity contribution in [1.82, 2.24) is 4.90 Å². The summed E-state index contributed by atoms with van der Waals surface area (Å²) in [5.74, 6) is -0.179. The second-order valence-electron chi connectivity index (χ2n) is 6.47. The highest BCUT2D eigenvalue weighted by Gasteiger charge is 2.10. The van der Waals surface area contributed by atoms with Crippen molar-refractivity contribution in [3.8, 4) is 0 Å². The molecule has 0 aliphatic carbocycles. The molecule has 0 atom stereocenters. The smallest absolute Gasteiger partial charge is 0.238 e. The number of nitrogens with two attached hydrogens (primary N) is 1. The molecule has 0 saturated carbocycles. The van der Waals surface area contributed by atoms with Gasteiger partial charge in [-0.1, -0.05) is 36.4 Å². The van der Waals surface area contributed by atoms with Crippen LogP contribution in [0.2, 0.25) is 0 Å². The Hall–Kier alpha value is -2.74. The van der Waals surface area contributed by atoms with Gasteiger partial charge in [0, 0.05) is 12.2 Å². The van der Waals surface area contributed by atoms with Gasteiger partial charge < -0.3 is 5.32 Å². The van der Waals surface area contributed by atoms with Crippen LogP contribution >= 0.6 is 0 Å². The van der Waals surface area contributed by atoms with Gasteiger partial charge in [0.1, 0.15) is 0 Å². The van der Waals surface area contributed by atoms with Crippen LogP contribution in [0.15, 0.2) is 71.6 Å². The van der Waals surface area contributed by atoms with Crippen LogP contribution in [0, 0.1) is 0 Å². The summed E-state index contributed by atoms with van der Waals surface area (Å²) in [5.41, 5.74) is 1.65. The van der Waals surface area contributed by atoms with Gasteiger partial charge in [-0.05, 0) is 53.7 Å². The monoisotopic (exact) mass is 383 g/mol. The van der Waals surface area contributed by atoms with Gasteiger partial charge in [0.25, 0.3) is 0 Å². The lowest BCUT2D eigenvalue weighted by Gasteiger charge is -2.17. The molecule has 3 rings (SSSR count). The molecule has 1 amide bonds. The van der Waals surface area contributed by atoms with Gasteiger partial charge in [0.2, 0.25) is 15.9 Å². The van der Waals surface area contributed by atoms with Crippen molar-refractivity contribution in [1.29, 1.82) is 0 Å². The highest BCUT2D eigenvalue weighted by molar-refractivity contribution is 7.89. The fraction of sp³-hybridized carbons (Fsp3) is 0.150. The van der Waals surface area contributed by atoms with Crippen molar-refractivity contribution in [3.05, 3.63) is 72.3 Å². The normalized spacial score (nSPS) is 11.7. The Kier molecular flexibility index (Phi) is 5.55. The van der Waals surface area contributed by atoms with E-state index in [9.17, 15) is 13.2 Å². The number of carbonyl (C=O) groups is 1. The molecule has 7 heteroatoms. The second kappa shape index (κ2) is 7.87. The van der Waals surface area contributed by atoms with E-state index in [4.69, 9.17) is 5.14 Å². The molecular weight excluding hydrogens is 362 g/mol. The lowest BCUT2D eigenvalue weighted by Crippen LogP contribution is -2.29. The zero-order valence-corrected chi connectivity index (χ0v) is 15.7. The molecule has 0 unspecified atom stereocenters. The molecule has 3 aromatic carbocycles. The maximum absolute atomic E-state index is 12.2. The first-order chi connectivity index (χ1) is 12.8. The van der Waals surface area contributed by atoms with Gasteiger partial charge in [-0.15, -0.1) is 0 Å². The van der Waals surface area contributed by atoms with Crippen LogP contribution in [0.4, 0.5) is 5.69 Å². The molecule has 0 aliphatic rings. The number of nitrogens with one attached hydrogen (secondary N) is 1. The fourth-order valence-electron chi connectivity index (χ4n) is 2.88. The van der Waals surface area contributed by atoms with Crippen LogP contribution in [-0.4, -0.2) is 32.8 Å². The number of hydrogen-bond acceptors (Lipinski definition) is 4. The number of carbonyl (C=O) groups excluding carboxylic acids is 1. The Morgan fingerprint density at radius 1 is 1.00 bits per heavy atom. The van der Waals surface area contributed by atoms with Crippen LogP contribution in [0.3, 0.4) is 0 Å². The van der Waals surface area contributed by atoms with E-state index in [1.54, 1.807) is 0 Å². The van der Waals surface area contributed by atoms with Crippen LogP contribution in [0.1, 0.15) is 5.56 Å². The Bertz CT molecular complexity index is 1060. The molecule has 0 aromatic heterocycles. The largest absolute Gasteiger partial charge is 0.325 e. The minimum Gasteiger partial charge on any atom is -0.325 e. The number of primary sulfonamides is 1. The lowest BCUT2D eigenvalue weighted by atomic mass is 10.1. The fourth-order valence-corrected chi connectivity index (χ4v) is 3.39. The average Bonchev–Trinajstić information content (AvgIpc) is 2.61. The second-order valence-corrected chi connectivity index (χ2v) is 8.03. The number of amides is 1. The van der Waals surface area contributed by atoms with Crippen molar-refractivity contribution in [3.63, 3.8) is 0 Å². The predicted octanol–water partition coefficient (Wildman–Crippen LogP) is 2.56. The first kappa shape index (κ1) is 19.0. The lowest BCUT2D eigenvalue weighted by molar-refractivity contribution is -0.117. The number of fused-ring (bicyclic) bond motifs is 1. The molecule has 0 aliphatic heterocycles. The molecule has 0 bridgehead atoms. The van der Waals surface area contributed by atoms with E-state index in [0.717, 1.165) is 5.56 Å². The minimum atomic E-state index is -3.74. The van der Waals surface area contributed by atoms with Crippen LogP contribution in [0.5, 0.6) is 0 Å². The van der Waals surface area contributed by atoms with Crippen LogP contribution in [-0.2, 0) is 21.4 Å². The summed E-state index contributed by atoms with van der Waals surface area (Å²) < 4.78 is 22.5.